The van der Waals surface area contributed by atoms with Gasteiger partial charge in [0.25, 0.3) is 5.91 Å². The Morgan fingerprint density at radius 1 is 1.28 bits per heavy atom. The minimum atomic E-state index is -0.411. The number of carbonyl (C=O) groups is 2. The smallest absolute Gasteiger partial charge is 0.290 e. The largest absolute Gasteiger partial charge is 0.459 e. The number of nitrogens with zero attached hydrogens (tertiary/aromatic N) is 1. The Morgan fingerprint density at radius 3 is 2.88 bits per heavy atom. The van der Waals surface area contributed by atoms with E-state index in [1.807, 2.05) is 0 Å². The maximum Gasteiger partial charge on any atom is 0.290 e. The Labute approximate surface area is 148 Å². The topological polar surface area (TPSA) is 71.8 Å². The molecule has 3 rings (SSSR count). The van der Waals surface area contributed by atoms with Crippen LogP contribution in [0.15, 0.2) is 22.8 Å². The van der Waals surface area contributed by atoms with Crippen LogP contribution in [0.5, 0.6) is 0 Å². The van der Waals surface area contributed by atoms with Gasteiger partial charge in [-0.05, 0) is 43.7 Å². The van der Waals surface area contributed by atoms with E-state index in [1.165, 1.54) is 25.5 Å². The van der Waals surface area contributed by atoms with E-state index < -0.39 is 6.04 Å². The Bertz CT molecular complexity index is 572. The number of carbonyl (C=O) groups excluding carboxylic acids is 2. The molecule has 1 aliphatic carbocycles. The molecule has 1 aromatic rings. The molecule has 1 saturated heterocycles. The highest BCUT2D eigenvalue weighted by Gasteiger charge is 2.35. The molecule has 0 radical (unpaired) electrons. The molecule has 0 aromatic carbocycles. The lowest BCUT2D eigenvalue weighted by Gasteiger charge is -2.29. The molecule has 2 fully saturated rings. The van der Waals surface area contributed by atoms with Gasteiger partial charge in [0, 0.05) is 13.1 Å². The summed E-state index contributed by atoms with van der Waals surface area (Å²) in [5.41, 5.74) is 0. The minimum Gasteiger partial charge on any atom is -0.459 e. The third kappa shape index (κ3) is 4.42. The van der Waals surface area contributed by atoms with Crippen molar-refractivity contribution in [1.29, 1.82) is 0 Å². The van der Waals surface area contributed by atoms with Gasteiger partial charge in [0.1, 0.15) is 6.04 Å². The summed E-state index contributed by atoms with van der Waals surface area (Å²) in [6.45, 7) is 3.84. The molecule has 2 aliphatic rings. The van der Waals surface area contributed by atoms with Gasteiger partial charge in [-0.3, -0.25) is 9.59 Å². The van der Waals surface area contributed by atoms with E-state index in [2.05, 4.69) is 12.2 Å². The van der Waals surface area contributed by atoms with Gasteiger partial charge >= 0.3 is 0 Å². The number of hydrogen-bond acceptors (Lipinski definition) is 4. The zero-order valence-corrected chi connectivity index (χ0v) is 14.9. The second-order valence-corrected chi connectivity index (χ2v) is 7.10. The summed E-state index contributed by atoms with van der Waals surface area (Å²) in [5, 5.41) is 2.92. The van der Waals surface area contributed by atoms with Crippen molar-refractivity contribution in [3.8, 4) is 0 Å². The Morgan fingerprint density at radius 2 is 2.12 bits per heavy atom. The maximum atomic E-state index is 12.5. The van der Waals surface area contributed by atoms with Crippen LogP contribution in [0.25, 0.3) is 0 Å². The zero-order valence-electron chi connectivity index (χ0n) is 14.9. The number of ether oxygens (including phenoxy) is 1. The van der Waals surface area contributed by atoms with Crippen LogP contribution in [-0.2, 0) is 9.53 Å². The molecule has 6 heteroatoms. The number of nitrogens with one attached hydrogen (secondary N) is 1. The van der Waals surface area contributed by atoms with E-state index in [-0.39, 0.29) is 17.6 Å². The molecule has 1 saturated carbocycles. The summed E-state index contributed by atoms with van der Waals surface area (Å²) < 4.78 is 11.1. The zero-order chi connectivity index (χ0) is 17.6. The van der Waals surface area contributed by atoms with Gasteiger partial charge in [0.05, 0.1) is 19.0 Å². The fourth-order valence-corrected chi connectivity index (χ4v) is 3.86. The molecule has 0 spiro atoms. The first kappa shape index (κ1) is 18.0. The summed E-state index contributed by atoms with van der Waals surface area (Å²) in [6.07, 6.45) is 8.17. The normalized spacial score (nSPS) is 26.6. The predicted molar refractivity (Wildman–Crippen MR) is 93.1 cm³/mol. The van der Waals surface area contributed by atoms with Gasteiger partial charge < -0.3 is 19.4 Å². The van der Waals surface area contributed by atoms with Gasteiger partial charge in [-0.1, -0.05) is 19.8 Å². The Balaban J connectivity index is 1.43. The van der Waals surface area contributed by atoms with Crippen LogP contribution < -0.4 is 5.32 Å². The molecule has 1 aliphatic heterocycles. The highest BCUT2D eigenvalue weighted by Crippen LogP contribution is 2.26. The maximum absolute atomic E-state index is 12.5. The van der Waals surface area contributed by atoms with Gasteiger partial charge in [-0.2, -0.15) is 0 Å². The number of hydrogen-bond donors (Lipinski definition) is 1. The first-order valence-corrected chi connectivity index (χ1v) is 9.40. The molecule has 138 valence electrons. The van der Waals surface area contributed by atoms with Gasteiger partial charge in [0.2, 0.25) is 5.91 Å². The molecule has 1 N–H and O–H groups in total. The molecule has 3 atom stereocenters. The third-order valence-electron chi connectivity index (χ3n) is 5.31. The predicted octanol–water partition coefficient (Wildman–Crippen LogP) is 2.60. The molecule has 1 aromatic heterocycles. The van der Waals surface area contributed by atoms with E-state index >= 15 is 0 Å². The van der Waals surface area contributed by atoms with Crippen molar-refractivity contribution in [2.75, 3.05) is 19.7 Å². The molecule has 2 heterocycles. The van der Waals surface area contributed by atoms with E-state index in [1.54, 1.807) is 17.0 Å². The van der Waals surface area contributed by atoms with E-state index in [4.69, 9.17) is 9.15 Å². The monoisotopic (exact) mass is 348 g/mol. The molecule has 0 bridgehead atoms. The molecule has 25 heavy (non-hydrogen) atoms. The lowest BCUT2D eigenvalue weighted by molar-refractivity contribution is -0.125. The molecular formula is C19H28N2O4. The first-order valence-electron chi connectivity index (χ1n) is 9.40. The number of likely N-dealkylation sites (tertiary alicyclic amines) is 1. The summed E-state index contributed by atoms with van der Waals surface area (Å²) >= 11 is 0. The second-order valence-electron chi connectivity index (χ2n) is 7.10. The average Bonchev–Trinajstić information content (AvgIpc) is 3.30. The van der Waals surface area contributed by atoms with Crippen molar-refractivity contribution in [3.63, 3.8) is 0 Å². The van der Waals surface area contributed by atoms with E-state index in [0.29, 0.717) is 38.1 Å². The summed E-state index contributed by atoms with van der Waals surface area (Å²) in [5.74, 6) is 0.572. The lowest BCUT2D eigenvalue weighted by atomic mass is 9.88. The Hall–Kier alpha value is -1.82. The SMILES string of the molecule is C[C@@H]1CCCC[C@@H]1OCCNC(=O)[C@@H]1CCCN1C(=O)c1ccco1. The van der Waals surface area contributed by atoms with Gasteiger partial charge in [-0.15, -0.1) is 0 Å². The van der Waals surface area contributed by atoms with Crippen molar-refractivity contribution in [2.45, 2.75) is 57.6 Å². The number of rotatable bonds is 6. The summed E-state index contributed by atoms with van der Waals surface area (Å²) in [4.78, 5) is 26.5. The van der Waals surface area contributed by atoms with Crippen LogP contribution in [0.3, 0.4) is 0 Å². The molecule has 2 amide bonds. The van der Waals surface area contributed by atoms with Crippen molar-refractivity contribution >= 4 is 11.8 Å². The summed E-state index contributed by atoms with van der Waals surface area (Å²) in [7, 11) is 0. The standard InChI is InChI=1S/C19H28N2O4/c1-14-6-2-3-8-16(14)25-13-10-20-18(22)15-7-4-11-21(15)19(23)17-9-5-12-24-17/h5,9,12,14-16H,2-4,6-8,10-11,13H2,1H3,(H,20,22)/t14-,15+,16+/m1/s1. The molecule has 0 unspecified atom stereocenters. The van der Waals surface area contributed by atoms with Crippen molar-refractivity contribution < 1.29 is 18.7 Å². The van der Waals surface area contributed by atoms with E-state index in [9.17, 15) is 9.59 Å². The van der Waals surface area contributed by atoms with Crippen LogP contribution >= 0.6 is 0 Å². The fourth-order valence-electron chi connectivity index (χ4n) is 3.86. The lowest BCUT2D eigenvalue weighted by Crippen LogP contribution is -2.46. The first-order chi connectivity index (χ1) is 12.2. The highest BCUT2D eigenvalue weighted by atomic mass is 16.5. The van der Waals surface area contributed by atoms with Crippen molar-refractivity contribution in [2.24, 2.45) is 5.92 Å². The average molecular weight is 348 g/mol. The fraction of sp³-hybridized carbons (Fsp3) is 0.684. The third-order valence-corrected chi connectivity index (χ3v) is 5.31. The molecular weight excluding hydrogens is 320 g/mol. The van der Waals surface area contributed by atoms with Crippen LogP contribution in [0, 0.1) is 5.92 Å². The van der Waals surface area contributed by atoms with E-state index in [0.717, 1.165) is 12.8 Å². The van der Waals surface area contributed by atoms with Crippen LogP contribution in [-0.4, -0.2) is 48.6 Å². The van der Waals surface area contributed by atoms with Crippen molar-refractivity contribution in [3.05, 3.63) is 24.2 Å². The van der Waals surface area contributed by atoms with Crippen LogP contribution in [0.4, 0.5) is 0 Å². The number of furan rings is 1. The minimum absolute atomic E-state index is 0.0994. The van der Waals surface area contributed by atoms with Gasteiger partial charge in [0.15, 0.2) is 5.76 Å². The molecule has 6 nitrogen and oxygen atoms in total. The summed E-state index contributed by atoms with van der Waals surface area (Å²) in [6, 6.07) is 2.91. The number of amides is 2. The van der Waals surface area contributed by atoms with Crippen LogP contribution in [0.1, 0.15) is 56.0 Å². The second kappa shape index (κ2) is 8.52. The Kier molecular flexibility index (Phi) is 6.13. The highest BCUT2D eigenvalue weighted by molar-refractivity contribution is 5.95. The van der Waals surface area contributed by atoms with Crippen molar-refractivity contribution in [1.82, 2.24) is 10.2 Å². The van der Waals surface area contributed by atoms with Crippen LogP contribution in [0.2, 0.25) is 0 Å². The quantitative estimate of drug-likeness (QED) is 0.802. The van der Waals surface area contributed by atoms with Gasteiger partial charge in [-0.25, -0.2) is 0 Å².